The van der Waals surface area contributed by atoms with Crippen molar-refractivity contribution in [3.8, 4) is 0 Å². The van der Waals surface area contributed by atoms with Gasteiger partial charge in [0.2, 0.25) is 0 Å². The molecule has 5 heteroatoms. The van der Waals surface area contributed by atoms with Crippen LogP contribution < -0.4 is 10.2 Å². The van der Waals surface area contributed by atoms with E-state index in [0.29, 0.717) is 17.6 Å². The first kappa shape index (κ1) is 16.7. The molecule has 0 atom stereocenters. The van der Waals surface area contributed by atoms with Gasteiger partial charge in [-0.25, -0.2) is 9.97 Å². The molecule has 5 nitrogen and oxygen atoms in total. The van der Waals surface area contributed by atoms with E-state index in [1.165, 1.54) is 19.3 Å². The Morgan fingerprint density at radius 1 is 1.32 bits per heavy atom. The Bertz CT molecular complexity index is 497. The summed E-state index contributed by atoms with van der Waals surface area (Å²) in [6.45, 7) is 4.95. The van der Waals surface area contributed by atoms with Crippen LogP contribution in [0.25, 0.3) is 0 Å². The average Bonchev–Trinajstić information content (AvgIpc) is 2.53. The number of hydrogen-bond donors (Lipinski definition) is 1. The van der Waals surface area contributed by atoms with Crippen LogP contribution in [0.2, 0.25) is 0 Å². The predicted octanol–water partition coefficient (Wildman–Crippen LogP) is 3.08. The SMILES string of the molecule is CCCCN(C)c1cc(C(=O)NC2CCCCC2)nc(C)n1. The number of hydrogen-bond acceptors (Lipinski definition) is 4. The zero-order valence-corrected chi connectivity index (χ0v) is 14.1. The summed E-state index contributed by atoms with van der Waals surface area (Å²) in [4.78, 5) is 23.3. The van der Waals surface area contributed by atoms with E-state index in [1.807, 2.05) is 14.0 Å². The minimum Gasteiger partial charge on any atom is -0.360 e. The van der Waals surface area contributed by atoms with Gasteiger partial charge in [-0.3, -0.25) is 4.79 Å². The molecule has 2 rings (SSSR count). The van der Waals surface area contributed by atoms with Crippen LogP contribution in [0.15, 0.2) is 6.07 Å². The lowest BCUT2D eigenvalue weighted by Gasteiger charge is -2.23. The first-order valence-corrected chi connectivity index (χ1v) is 8.48. The predicted molar refractivity (Wildman–Crippen MR) is 89.3 cm³/mol. The number of unbranched alkanes of at least 4 members (excludes halogenated alkanes) is 1. The lowest BCUT2D eigenvalue weighted by molar-refractivity contribution is 0.0922. The van der Waals surface area contributed by atoms with Crippen LogP contribution in [0.3, 0.4) is 0 Å². The highest BCUT2D eigenvalue weighted by molar-refractivity contribution is 5.93. The Balaban J connectivity index is 2.05. The zero-order chi connectivity index (χ0) is 15.9. The van der Waals surface area contributed by atoms with Crippen LogP contribution in [0, 0.1) is 6.92 Å². The Morgan fingerprint density at radius 3 is 2.73 bits per heavy atom. The summed E-state index contributed by atoms with van der Waals surface area (Å²) in [5.74, 6) is 1.41. The maximum absolute atomic E-state index is 12.4. The topological polar surface area (TPSA) is 58.1 Å². The summed E-state index contributed by atoms with van der Waals surface area (Å²) in [5, 5.41) is 3.12. The summed E-state index contributed by atoms with van der Waals surface area (Å²) in [6.07, 6.45) is 8.12. The summed E-state index contributed by atoms with van der Waals surface area (Å²) in [6, 6.07) is 2.11. The molecule has 1 fully saturated rings. The van der Waals surface area contributed by atoms with Gasteiger partial charge < -0.3 is 10.2 Å². The molecule has 0 aromatic carbocycles. The van der Waals surface area contributed by atoms with E-state index < -0.39 is 0 Å². The molecule has 0 radical (unpaired) electrons. The van der Waals surface area contributed by atoms with Gasteiger partial charge in [0.25, 0.3) is 5.91 Å². The quantitative estimate of drug-likeness (QED) is 0.877. The zero-order valence-electron chi connectivity index (χ0n) is 14.1. The van der Waals surface area contributed by atoms with E-state index in [2.05, 4.69) is 27.1 Å². The smallest absolute Gasteiger partial charge is 0.270 e. The molecule has 1 saturated carbocycles. The molecule has 1 aliphatic rings. The van der Waals surface area contributed by atoms with E-state index in [-0.39, 0.29) is 5.91 Å². The maximum Gasteiger partial charge on any atom is 0.270 e. The number of aryl methyl sites for hydroxylation is 1. The molecule has 1 aliphatic carbocycles. The van der Waals surface area contributed by atoms with Gasteiger partial charge in [0.15, 0.2) is 0 Å². The summed E-state index contributed by atoms with van der Waals surface area (Å²) in [5.41, 5.74) is 0.483. The fourth-order valence-corrected chi connectivity index (χ4v) is 2.88. The van der Waals surface area contributed by atoms with Crippen molar-refractivity contribution in [3.05, 3.63) is 17.6 Å². The highest BCUT2D eigenvalue weighted by Crippen LogP contribution is 2.18. The molecule has 1 amide bonds. The number of nitrogens with zero attached hydrogens (tertiary/aromatic N) is 3. The monoisotopic (exact) mass is 304 g/mol. The van der Waals surface area contributed by atoms with Crippen LogP contribution in [-0.2, 0) is 0 Å². The molecular formula is C17H28N4O. The van der Waals surface area contributed by atoms with E-state index in [0.717, 1.165) is 38.0 Å². The fourth-order valence-electron chi connectivity index (χ4n) is 2.88. The second-order valence-corrected chi connectivity index (χ2v) is 6.24. The van der Waals surface area contributed by atoms with Crippen LogP contribution in [0.1, 0.15) is 68.2 Å². The van der Waals surface area contributed by atoms with Crippen molar-refractivity contribution in [3.63, 3.8) is 0 Å². The van der Waals surface area contributed by atoms with Gasteiger partial charge in [-0.15, -0.1) is 0 Å². The molecule has 22 heavy (non-hydrogen) atoms. The summed E-state index contributed by atoms with van der Waals surface area (Å²) in [7, 11) is 2.01. The number of anilines is 1. The standard InChI is InChI=1S/C17H28N4O/c1-4-5-11-21(3)16-12-15(18-13(2)19-16)17(22)20-14-9-7-6-8-10-14/h12,14H,4-11H2,1-3H3,(H,20,22). The number of aromatic nitrogens is 2. The Hall–Kier alpha value is -1.65. The third kappa shape index (κ3) is 4.68. The van der Waals surface area contributed by atoms with Crippen molar-refractivity contribution < 1.29 is 4.79 Å². The normalized spacial score (nSPS) is 15.6. The van der Waals surface area contributed by atoms with Crippen LogP contribution in [0.5, 0.6) is 0 Å². The molecule has 1 aromatic heterocycles. The number of carbonyl (C=O) groups excluding carboxylic acids is 1. The second-order valence-electron chi connectivity index (χ2n) is 6.24. The van der Waals surface area contributed by atoms with Gasteiger partial charge in [-0.05, 0) is 26.2 Å². The Kier molecular flexibility index (Phi) is 6.16. The average molecular weight is 304 g/mol. The molecule has 1 aromatic rings. The van der Waals surface area contributed by atoms with Crippen molar-refractivity contribution >= 4 is 11.7 Å². The van der Waals surface area contributed by atoms with Crippen molar-refractivity contribution in [1.82, 2.24) is 15.3 Å². The number of rotatable bonds is 6. The summed E-state index contributed by atoms with van der Waals surface area (Å²) < 4.78 is 0. The van der Waals surface area contributed by atoms with Crippen molar-refractivity contribution in [2.75, 3.05) is 18.5 Å². The molecular weight excluding hydrogens is 276 g/mol. The lowest BCUT2D eigenvalue weighted by Crippen LogP contribution is -2.36. The van der Waals surface area contributed by atoms with E-state index in [9.17, 15) is 4.79 Å². The molecule has 1 heterocycles. The van der Waals surface area contributed by atoms with Crippen LogP contribution >= 0.6 is 0 Å². The fraction of sp³-hybridized carbons (Fsp3) is 0.706. The second kappa shape index (κ2) is 8.11. The molecule has 0 bridgehead atoms. The largest absolute Gasteiger partial charge is 0.360 e. The third-order valence-corrected chi connectivity index (χ3v) is 4.24. The molecule has 0 aliphatic heterocycles. The molecule has 122 valence electrons. The highest BCUT2D eigenvalue weighted by atomic mass is 16.1. The van der Waals surface area contributed by atoms with Gasteiger partial charge in [-0.2, -0.15) is 0 Å². The van der Waals surface area contributed by atoms with Gasteiger partial charge >= 0.3 is 0 Å². The number of carbonyl (C=O) groups is 1. The van der Waals surface area contributed by atoms with Gasteiger partial charge in [0, 0.05) is 25.7 Å². The number of nitrogens with one attached hydrogen (secondary N) is 1. The summed E-state index contributed by atoms with van der Waals surface area (Å²) >= 11 is 0. The maximum atomic E-state index is 12.4. The Morgan fingerprint density at radius 2 is 2.05 bits per heavy atom. The molecule has 0 unspecified atom stereocenters. The number of amides is 1. The van der Waals surface area contributed by atoms with E-state index in [1.54, 1.807) is 6.07 Å². The molecule has 1 N–H and O–H groups in total. The first-order chi connectivity index (χ1) is 10.6. The van der Waals surface area contributed by atoms with E-state index >= 15 is 0 Å². The van der Waals surface area contributed by atoms with Crippen molar-refractivity contribution in [2.45, 2.75) is 64.8 Å². The van der Waals surface area contributed by atoms with Crippen LogP contribution in [0.4, 0.5) is 5.82 Å². The van der Waals surface area contributed by atoms with Crippen molar-refractivity contribution in [2.24, 2.45) is 0 Å². The van der Waals surface area contributed by atoms with Crippen LogP contribution in [-0.4, -0.2) is 35.5 Å². The van der Waals surface area contributed by atoms with Gasteiger partial charge in [0.1, 0.15) is 17.3 Å². The highest BCUT2D eigenvalue weighted by Gasteiger charge is 2.18. The minimum absolute atomic E-state index is 0.0671. The first-order valence-electron chi connectivity index (χ1n) is 8.48. The lowest BCUT2D eigenvalue weighted by atomic mass is 9.95. The molecule has 0 spiro atoms. The van der Waals surface area contributed by atoms with Crippen molar-refractivity contribution in [1.29, 1.82) is 0 Å². The Labute approximate surface area is 133 Å². The minimum atomic E-state index is -0.0671. The van der Waals surface area contributed by atoms with Gasteiger partial charge in [-0.1, -0.05) is 32.6 Å². The third-order valence-electron chi connectivity index (χ3n) is 4.24. The molecule has 0 saturated heterocycles. The van der Waals surface area contributed by atoms with Gasteiger partial charge in [0.05, 0.1) is 0 Å². The van der Waals surface area contributed by atoms with E-state index in [4.69, 9.17) is 0 Å².